The lowest BCUT2D eigenvalue weighted by molar-refractivity contribution is 0.0474. The van der Waals surface area contributed by atoms with Crippen LogP contribution in [-0.4, -0.2) is 46.2 Å². The molecule has 2 amide bonds. The van der Waals surface area contributed by atoms with Gasteiger partial charge in [0.2, 0.25) is 0 Å². The number of hydrogen-bond donors (Lipinski definition) is 1. The average Bonchev–Trinajstić information content (AvgIpc) is 2.99. The van der Waals surface area contributed by atoms with Crippen molar-refractivity contribution in [2.24, 2.45) is 0 Å². The zero-order valence-corrected chi connectivity index (χ0v) is 19.4. The number of ether oxygens (including phenoxy) is 1. The Hall–Kier alpha value is -2.02. The summed E-state index contributed by atoms with van der Waals surface area (Å²) < 4.78 is 8.47. The number of amides is 2. The summed E-state index contributed by atoms with van der Waals surface area (Å²) in [6.07, 6.45) is 3.02. The largest absolute Gasteiger partial charge is 0.444 e. The maximum absolute atomic E-state index is 13.2. The van der Waals surface area contributed by atoms with Gasteiger partial charge in [0.15, 0.2) is 0 Å². The molecule has 1 aliphatic heterocycles. The van der Waals surface area contributed by atoms with Crippen LogP contribution in [0.3, 0.4) is 0 Å². The number of nitrogens with zero attached hydrogens (tertiary/aromatic N) is 2. The minimum atomic E-state index is -0.514. The Morgan fingerprint density at radius 3 is 2.45 bits per heavy atom. The number of benzene rings is 1. The topological polar surface area (TPSA) is 63.6 Å². The number of piperidine rings is 1. The van der Waals surface area contributed by atoms with E-state index in [-0.39, 0.29) is 18.0 Å². The third-order valence-electron chi connectivity index (χ3n) is 5.09. The van der Waals surface area contributed by atoms with E-state index in [0.717, 1.165) is 33.8 Å². The summed E-state index contributed by atoms with van der Waals surface area (Å²) in [5.41, 5.74) is 1.28. The minimum absolute atomic E-state index is 0.0295. The van der Waals surface area contributed by atoms with Gasteiger partial charge in [0.05, 0.1) is 11.1 Å². The molecule has 0 aliphatic carbocycles. The van der Waals surface area contributed by atoms with Gasteiger partial charge in [-0.3, -0.25) is 4.79 Å². The fourth-order valence-corrected chi connectivity index (χ4v) is 4.04. The molecule has 1 aromatic heterocycles. The molecule has 29 heavy (non-hydrogen) atoms. The Morgan fingerprint density at radius 2 is 1.86 bits per heavy atom. The smallest absolute Gasteiger partial charge is 0.407 e. The van der Waals surface area contributed by atoms with Crippen LogP contribution in [0.25, 0.3) is 10.9 Å². The summed E-state index contributed by atoms with van der Waals surface area (Å²) in [6, 6.07) is 6.32. The number of hydrogen-bond acceptors (Lipinski definition) is 3. The van der Waals surface area contributed by atoms with Gasteiger partial charge in [-0.05, 0) is 59.6 Å². The first kappa shape index (κ1) is 21.7. The van der Waals surface area contributed by atoms with Crippen molar-refractivity contribution in [1.29, 1.82) is 0 Å². The summed E-state index contributed by atoms with van der Waals surface area (Å²) in [4.78, 5) is 27.1. The Labute approximate surface area is 180 Å². The van der Waals surface area contributed by atoms with Crippen LogP contribution in [0.15, 0.2) is 28.9 Å². The normalized spacial score (nSPS) is 15.8. The number of nitrogens with one attached hydrogen (secondary N) is 1. The molecule has 0 radical (unpaired) electrons. The van der Waals surface area contributed by atoms with Crippen molar-refractivity contribution >= 4 is 38.8 Å². The van der Waals surface area contributed by atoms with Gasteiger partial charge in [0.25, 0.3) is 5.91 Å². The highest BCUT2D eigenvalue weighted by Gasteiger charge is 2.28. The highest BCUT2D eigenvalue weighted by atomic mass is 79.9. The molecule has 1 fully saturated rings. The standard InChI is InChI=1S/C22H30BrN3O3/c1-14(2)26-13-18(17-7-6-15(23)12-19(17)26)20(27)25-10-8-16(9-11-25)24-21(28)29-22(3,4)5/h6-7,12-14,16H,8-11H2,1-5H3,(H,24,28). The lowest BCUT2D eigenvalue weighted by Crippen LogP contribution is -2.47. The summed E-state index contributed by atoms with van der Waals surface area (Å²) >= 11 is 3.53. The van der Waals surface area contributed by atoms with E-state index < -0.39 is 11.7 Å². The van der Waals surface area contributed by atoms with Crippen LogP contribution in [0.4, 0.5) is 4.79 Å². The second kappa shape index (κ2) is 8.38. The number of fused-ring (bicyclic) bond motifs is 1. The van der Waals surface area contributed by atoms with E-state index in [4.69, 9.17) is 4.74 Å². The van der Waals surface area contributed by atoms with Gasteiger partial charge in [0.1, 0.15) is 5.60 Å². The molecule has 2 aromatic rings. The molecule has 1 aromatic carbocycles. The highest BCUT2D eigenvalue weighted by Crippen LogP contribution is 2.29. The van der Waals surface area contributed by atoms with Crippen molar-refractivity contribution < 1.29 is 14.3 Å². The predicted octanol–water partition coefficient (Wildman–Crippen LogP) is 5.11. The number of likely N-dealkylation sites (tertiary alicyclic amines) is 1. The van der Waals surface area contributed by atoms with Crippen LogP contribution in [0, 0.1) is 0 Å². The van der Waals surface area contributed by atoms with Crippen LogP contribution in [0.5, 0.6) is 0 Å². The van der Waals surface area contributed by atoms with Crippen LogP contribution in [0.1, 0.15) is 63.9 Å². The zero-order valence-electron chi connectivity index (χ0n) is 17.8. The second-order valence-corrected chi connectivity index (χ2v) is 9.83. The van der Waals surface area contributed by atoms with Crippen LogP contribution >= 0.6 is 15.9 Å². The molecule has 0 atom stereocenters. The van der Waals surface area contributed by atoms with E-state index in [1.165, 1.54) is 0 Å². The predicted molar refractivity (Wildman–Crippen MR) is 118 cm³/mol. The molecule has 0 saturated carbocycles. The van der Waals surface area contributed by atoms with E-state index in [1.807, 2.05) is 44.0 Å². The first-order chi connectivity index (χ1) is 13.5. The third-order valence-corrected chi connectivity index (χ3v) is 5.58. The Bertz CT molecular complexity index is 906. The van der Waals surface area contributed by atoms with Gasteiger partial charge in [0, 0.05) is 41.2 Å². The Morgan fingerprint density at radius 1 is 1.21 bits per heavy atom. The molecule has 1 N–H and O–H groups in total. The molecule has 6 nitrogen and oxygen atoms in total. The second-order valence-electron chi connectivity index (χ2n) is 8.92. The fourth-order valence-electron chi connectivity index (χ4n) is 3.69. The molecule has 2 heterocycles. The van der Waals surface area contributed by atoms with E-state index in [2.05, 4.69) is 45.7 Å². The molecular weight excluding hydrogens is 434 g/mol. The van der Waals surface area contributed by atoms with Crippen molar-refractivity contribution in [1.82, 2.24) is 14.8 Å². The zero-order chi connectivity index (χ0) is 21.3. The number of rotatable bonds is 3. The van der Waals surface area contributed by atoms with E-state index in [1.54, 1.807) is 0 Å². The molecule has 1 saturated heterocycles. The first-order valence-electron chi connectivity index (χ1n) is 10.1. The Kier molecular flexibility index (Phi) is 6.27. The number of aromatic nitrogens is 1. The monoisotopic (exact) mass is 463 g/mol. The van der Waals surface area contributed by atoms with E-state index in [9.17, 15) is 9.59 Å². The minimum Gasteiger partial charge on any atom is -0.444 e. The SMILES string of the molecule is CC(C)n1cc(C(=O)N2CCC(NC(=O)OC(C)(C)C)CC2)c2ccc(Br)cc21. The summed E-state index contributed by atoms with van der Waals surface area (Å²) in [7, 11) is 0. The number of carbonyl (C=O) groups is 2. The number of carbonyl (C=O) groups excluding carboxylic acids is 2. The molecule has 0 bridgehead atoms. The molecule has 1 aliphatic rings. The molecule has 158 valence electrons. The molecule has 0 spiro atoms. The van der Waals surface area contributed by atoms with Crippen molar-refractivity contribution in [2.45, 2.75) is 65.1 Å². The number of alkyl carbamates (subject to hydrolysis) is 1. The van der Waals surface area contributed by atoms with Gasteiger partial charge < -0.3 is 19.5 Å². The molecule has 7 heteroatoms. The van der Waals surface area contributed by atoms with Gasteiger partial charge in [-0.2, -0.15) is 0 Å². The van der Waals surface area contributed by atoms with Crippen molar-refractivity contribution in [3.8, 4) is 0 Å². The van der Waals surface area contributed by atoms with Gasteiger partial charge in [-0.1, -0.05) is 22.0 Å². The van der Waals surface area contributed by atoms with E-state index in [0.29, 0.717) is 13.1 Å². The van der Waals surface area contributed by atoms with Crippen LogP contribution in [-0.2, 0) is 4.74 Å². The third kappa shape index (κ3) is 5.13. The van der Waals surface area contributed by atoms with Crippen molar-refractivity contribution in [3.63, 3.8) is 0 Å². The summed E-state index contributed by atoms with van der Waals surface area (Å²) in [5, 5.41) is 3.89. The van der Waals surface area contributed by atoms with Crippen LogP contribution in [0.2, 0.25) is 0 Å². The lowest BCUT2D eigenvalue weighted by Gasteiger charge is -2.32. The van der Waals surface area contributed by atoms with Crippen molar-refractivity contribution in [3.05, 3.63) is 34.4 Å². The van der Waals surface area contributed by atoms with Gasteiger partial charge >= 0.3 is 6.09 Å². The first-order valence-corrected chi connectivity index (χ1v) is 10.9. The molecule has 0 unspecified atom stereocenters. The van der Waals surface area contributed by atoms with Crippen molar-refractivity contribution in [2.75, 3.05) is 13.1 Å². The average molecular weight is 464 g/mol. The summed E-state index contributed by atoms with van der Waals surface area (Å²) in [5.74, 6) is 0.0486. The quantitative estimate of drug-likeness (QED) is 0.687. The van der Waals surface area contributed by atoms with E-state index >= 15 is 0 Å². The fraction of sp³-hybridized carbons (Fsp3) is 0.545. The van der Waals surface area contributed by atoms with Crippen LogP contribution < -0.4 is 5.32 Å². The lowest BCUT2D eigenvalue weighted by atomic mass is 10.0. The van der Waals surface area contributed by atoms with Gasteiger partial charge in [-0.15, -0.1) is 0 Å². The molecular formula is C22H30BrN3O3. The maximum Gasteiger partial charge on any atom is 0.407 e. The highest BCUT2D eigenvalue weighted by molar-refractivity contribution is 9.10. The molecule has 3 rings (SSSR count). The maximum atomic E-state index is 13.2. The number of halogens is 1. The summed E-state index contributed by atoms with van der Waals surface area (Å²) in [6.45, 7) is 11.0. The Balaban J connectivity index is 1.69. The van der Waals surface area contributed by atoms with Gasteiger partial charge in [-0.25, -0.2) is 4.79 Å².